The molecule has 0 bridgehead atoms. The molecule has 0 aromatic heterocycles. The molecular formula is C18H36N4O2. The number of hydrogen-bond donors (Lipinski definition) is 2. The highest BCUT2D eigenvalue weighted by Gasteiger charge is 2.22. The smallest absolute Gasteiger partial charge is 0.191 e. The summed E-state index contributed by atoms with van der Waals surface area (Å²) in [6, 6.07) is 0.649. The molecule has 2 rings (SSSR count). The van der Waals surface area contributed by atoms with Gasteiger partial charge >= 0.3 is 0 Å². The topological polar surface area (TPSA) is 58.1 Å². The lowest BCUT2D eigenvalue weighted by Crippen LogP contribution is -2.45. The highest BCUT2D eigenvalue weighted by atomic mass is 16.5. The number of nitrogens with one attached hydrogen (secondary N) is 2. The largest absolute Gasteiger partial charge is 0.381 e. The second-order valence-electron chi connectivity index (χ2n) is 6.79. The van der Waals surface area contributed by atoms with Crippen molar-refractivity contribution in [2.45, 2.75) is 45.1 Å². The Morgan fingerprint density at radius 1 is 1.25 bits per heavy atom. The molecule has 2 saturated heterocycles. The lowest BCUT2D eigenvalue weighted by atomic mass is 10.0. The Bertz CT molecular complexity index is 359. The lowest BCUT2D eigenvalue weighted by Gasteiger charge is -2.24. The SMILES string of the molecule is CCN1CCCC1CNC(=NC)NCCCOCC1CCOCC1. The van der Waals surface area contributed by atoms with Crippen molar-refractivity contribution >= 4 is 5.96 Å². The second-order valence-corrected chi connectivity index (χ2v) is 6.79. The average Bonchev–Trinajstić information content (AvgIpc) is 3.09. The van der Waals surface area contributed by atoms with Gasteiger partial charge in [0.05, 0.1) is 0 Å². The van der Waals surface area contributed by atoms with Gasteiger partial charge in [0, 0.05) is 52.6 Å². The fourth-order valence-electron chi connectivity index (χ4n) is 3.52. The van der Waals surface area contributed by atoms with Gasteiger partial charge in [-0.2, -0.15) is 0 Å². The third kappa shape index (κ3) is 6.95. The highest BCUT2D eigenvalue weighted by molar-refractivity contribution is 5.79. The van der Waals surface area contributed by atoms with Crippen molar-refractivity contribution in [1.29, 1.82) is 0 Å². The van der Waals surface area contributed by atoms with Crippen LogP contribution in [0.4, 0.5) is 0 Å². The fourth-order valence-corrected chi connectivity index (χ4v) is 3.52. The molecule has 2 fully saturated rings. The van der Waals surface area contributed by atoms with Crippen LogP contribution in [0.3, 0.4) is 0 Å². The third-order valence-electron chi connectivity index (χ3n) is 5.09. The minimum absolute atomic E-state index is 0.649. The van der Waals surface area contributed by atoms with Crippen LogP contribution in [-0.4, -0.2) is 76.6 Å². The number of likely N-dealkylation sites (N-methyl/N-ethyl adjacent to an activating group) is 1. The van der Waals surface area contributed by atoms with E-state index in [4.69, 9.17) is 9.47 Å². The van der Waals surface area contributed by atoms with E-state index in [1.54, 1.807) is 0 Å². The van der Waals surface area contributed by atoms with Crippen LogP contribution in [0.2, 0.25) is 0 Å². The minimum Gasteiger partial charge on any atom is -0.381 e. The van der Waals surface area contributed by atoms with E-state index in [2.05, 4.69) is 27.4 Å². The summed E-state index contributed by atoms with van der Waals surface area (Å²) in [5, 5.41) is 6.85. The third-order valence-corrected chi connectivity index (χ3v) is 5.09. The van der Waals surface area contributed by atoms with Crippen molar-refractivity contribution in [2.75, 3.05) is 59.7 Å². The molecule has 0 spiro atoms. The summed E-state index contributed by atoms with van der Waals surface area (Å²) < 4.78 is 11.2. The Hall–Kier alpha value is -0.850. The van der Waals surface area contributed by atoms with Gasteiger partial charge in [-0.15, -0.1) is 0 Å². The molecular weight excluding hydrogens is 304 g/mol. The molecule has 24 heavy (non-hydrogen) atoms. The van der Waals surface area contributed by atoms with E-state index in [0.717, 1.165) is 71.3 Å². The maximum absolute atomic E-state index is 5.80. The first-order valence-electron chi connectivity index (χ1n) is 9.67. The van der Waals surface area contributed by atoms with Crippen LogP contribution in [0.1, 0.15) is 39.0 Å². The van der Waals surface area contributed by atoms with Gasteiger partial charge in [-0.3, -0.25) is 9.89 Å². The van der Waals surface area contributed by atoms with Gasteiger partial charge < -0.3 is 20.1 Å². The molecule has 0 aliphatic carbocycles. The summed E-state index contributed by atoms with van der Waals surface area (Å²) >= 11 is 0. The second kappa shape index (κ2) is 11.7. The van der Waals surface area contributed by atoms with E-state index in [1.807, 2.05) is 7.05 Å². The molecule has 0 saturated carbocycles. The number of likely N-dealkylation sites (tertiary alicyclic amines) is 1. The molecule has 0 aromatic carbocycles. The standard InChI is InChI=1S/C18H36N4O2/c1-3-22-10-4-6-17(22)14-21-18(19-2)20-9-5-11-24-15-16-7-12-23-13-8-16/h16-17H,3-15H2,1-2H3,(H2,19,20,21). The summed E-state index contributed by atoms with van der Waals surface area (Å²) in [4.78, 5) is 6.86. The van der Waals surface area contributed by atoms with Crippen molar-refractivity contribution in [3.8, 4) is 0 Å². The maximum atomic E-state index is 5.80. The van der Waals surface area contributed by atoms with Crippen LogP contribution < -0.4 is 10.6 Å². The highest BCUT2D eigenvalue weighted by Crippen LogP contribution is 2.15. The van der Waals surface area contributed by atoms with Gasteiger partial charge in [0.15, 0.2) is 5.96 Å². The monoisotopic (exact) mass is 340 g/mol. The summed E-state index contributed by atoms with van der Waals surface area (Å²) in [5.74, 6) is 1.59. The number of aliphatic imine (C=N–C) groups is 1. The fraction of sp³-hybridized carbons (Fsp3) is 0.944. The number of guanidine groups is 1. The zero-order chi connectivity index (χ0) is 17.0. The van der Waals surface area contributed by atoms with Gasteiger partial charge in [-0.25, -0.2) is 0 Å². The summed E-state index contributed by atoms with van der Waals surface area (Å²) in [7, 11) is 1.84. The summed E-state index contributed by atoms with van der Waals surface area (Å²) in [6.45, 7) is 9.98. The normalized spacial score (nSPS) is 23.6. The number of ether oxygens (including phenoxy) is 2. The molecule has 6 heteroatoms. The first kappa shape index (κ1) is 19.5. The van der Waals surface area contributed by atoms with Crippen molar-refractivity contribution in [2.24, 2.45) is 10.9 Å². The number of nitrogens with zero attached hydrogens (tertiary/aromatic N) is 2. The molecule has 0 aromatic rings. The van der Waals surface area contributed by atoms with Crippen LogP contribution in [0.25, 0.3) is 0 Å². The first-order valence-corrected chi connectivity index (χ1v) is 9.67. The average molecular weight is 341 g/mol. The van der Waals surface area contributed by atoms with E-state index < -0.39 is 0 Å². The van der Waals surface area contributed by atoms with E-state index in [9.17, 15) is 0 Å². The summed E-state index contributed by atoms with van der Waals surface area (Å²) in [5.41, 5.74) is 0. The molecule has 0 amide bonds. The van der Waals surface area contributed by atoms with Crippen LogP contribution in [0.15, 0.2) is 4.99 Å². The maximum Gasteiger partial charge on any atom is 0.191 e. The first-order chi connectivity index (χ1) is 11.8. The molecule has 2 N–H and O–H groups in total. The zero-order valence-corrected chi connectivity index (χ0v) is 15.6. The Labute approximate surface area is 147 Å². The quantitative estimate of drug-likeness (QED) is 0.378. The Balaban J connectivity index is 1.49. The van der Waals surface area contributed by atoms with Gasteiger partial charge in [-0.05, 0) is 51.1 Å². The van der Waals surface area contributed by atoms with Gasteiger partial charge in [-0.1, -0.05) is 6.92 Å². The molecule has 2 aliphatic rings. The summed E-state index contributed by atoms with van der Waals surface area (Å²) in [6.07, 6.45) is 5.90. The van der Waals surface area contributed by atoms with Crippen molar-refractivity contribution in [3.63, 3.8) is 0 Å². The van der Waals surface area contributed by atoms with Gasteiger partial charge in [0.2, 0.25) is 0 Å². The Morgan fingerprint density at radius 2 is 2.08 bits per heavy atom. The zero-order valence-electron chi connectivity index (χ0n) is 15.6. The van der Waals surface area contributed by atoms with E-state index in [1.165, 1.54) is 19.4 Å². The predicted molar refractivity (Wildman–Crippen MR) is 98.6 cm³/mol. The molecule has 1 unspecified atom stereocenters. The van der Waals surface area contributed by atoms with E-state index in [0.29, 0.717) is 12.0 Å². The lowest BCUT2D eigenvalue weighted by molar-refractivity contribution is 0.0203. The van der Waals surface area contributed by atoms with Crippen molar-refractivity contribution in [1.82, 2.24) is 15.5 Å². The molecule has 1 atom stereocenters. The van der Waals surface area contributed by atoms with Gasteiger partial charge in [0.1, 0.15) is 0 Å². The van der Waals surface area contributed by atoms with Gasteiger partial charge in [0.25, 0.3) is 0 Å². The predicted octanol–water partition coefficient (Wildman–Crippen LogP) is 1.47. The van der Waals surface area contributed by atoms with Crippen LogP contribution in [0.5, 0.6) is 0 Å². The molecule has 140 valence electrons. The Kier molecular flexibility index (Phi) is 9.46. The van der Waals surface area contributed by atoms with E-state index in [-0.39, 0.29) is 0 Å². The number of rotatable bonds is 9. The van der Waals surface area contributed by atoms with E-state index >= 15 is 0 Å². The van der Waals surface area contributed by atoms with Crippen molar-refractivity contribution < 1.29 is 9.47 Å². The molecule has 6 nitrogen and oxygen atoms in total. The van der Waals surface area contributed by atoms with Crippen LogP contribution >= 0.6 is 0 Å². The molecule has 2 heterocycles. The molecule has 2 aliphatic heterocycles. The van der Waals surface area contributed by atoms with Crippen molar-refractivity contribution in [3.05, 3.63) is 0 Å². The molecule has 0 radical (unpaired) electrons. The van der Waals surface area contributed by atoms with Crippen LogP contribution in [-0.2, 0) is 9.47 Å². The van der Waals surface area contributed by atoms with Crippen LogP contribution in [0, 0.1) is 5.92 Å². The number of hydrogen-bond acceptors (Lipinski definition) is 4. The minimum atomic E-state index is 0.649. The Morgan fingerprint density at radius 3 is 2.83 bits per heavy atom.